The zero-order valence-electron chi connectivity index (χ0n) is 21.9. The Morgan fingerprint density at radius 1 is 1.21 bits per heavy atom. The van der Waals surface area contributed by atoms with Gasteiger partial charge in [-0.15, -0.1) is 11.3 Å². The lowest BCUT2D eigenvalue weighted by atomic mass is 10.1. The minimum atomic E-state index is -0.462. The van der Waals surface area contributed by atoms with Gasteiger partial charge in [-0.3, -0.25) is 9.59 Å². The number of rotatable bonds is 4. The van der Waals surface area contributed by atoms with Crippen LogP contribution in [0.3, 0.4) is 0 Å². The maximum atomic E-state index is 15.1. The number of fused-ring (bicyclic) bond motifs is 1. The highest BCUT2D eigenvalue weighted by Gasteiger charge is 2.23. The standard InChI is InChI=1S/C27H27FN8O2S/c1-16-14-35(15-17(2)31-16)22-7-6-20(12-21(22)28)32-26-30-13-19-11-18(5-8-23(37)34(3)4)25(38)36(24(19)33-26)27-29-9-10-39-27/h6-7,9-13,16-17,31H,14-15H2,1-4H3,(H,30,32,33)/t16-,17+. The number of nitrogens with zero attached hydrogens (tertiary/aromatic N) is 6. The van der Waals surface area contributed by atoms with Crippen LogP contribution in [0.4, 0.5) is 21.7 Å². The zero-order valence-corrected chi connectivity index (χ0v) is 22.7. The number of anilines is 3. The Bertz CT molecular complexity index is 1650. The van der Waals surface area contributed by atoms with Crippen molar-refractivity contribution in [2.24, 2.45) is 0 Å². The molecule has 12 heteroatoms. The van der Waals surface area contributed by atoms with Crippen LogP contribution in [0.2, 0.25) is 0 Å². The molecule has 39 heavy (non-hydrogen) atoms. The lowest BCUT2D eigenvalue weighted by Gasteiger charge is -2.37. The van der Waals surface area contributed by atoms with Gasteiger partial charge in [0.2, 0.25) is 5.95 Å². The summed E-state index contributed by atoms with van der Waals surface area (Å²) in [5, 5.41) is 9.16. The fourth-order valence-corrected chi connectivity index (χ4v) is 5.12. The summed E-state index contributed by atoms with van der Waals surface area (Å²) in [5.74, 6) is 4.55. The van der Waals surface area contributed by atoms with E-state index in [0.29, 0.717) is 40.6 Å². The fraction of sp³-hybridized carbons (Fsp3) is 0.296. The van der Waals surface area contributed by atoms with Gasteiger partial charge in [-0.2, -0.15) is 4.98 Å². The Kier molecular flexibility index (Phi) is 7.28. The minimum absolute atomic E-state index is 0.117. The second kappa shape index (κ2) is 10.8. The van der Waals surface area contributed by atoms with Gasteiger partial charge in [0.15, 0.2) is 10.8 Å². The predicted octanol–water partition coefficient (Wildman–Crippen LogP) is 2.75. The molecule has 1 saturated heterocycles. The van der Waals surface area contributed by atoms with Crippen LogP contribution in [0.15, 0.2) is 46.8 Å². The van der Waals surface area contributed by atoms with Crippen LogP contribution in [-0.4, -0.2) is 69.6 Å². The lowest BCUT2D eigenvalue weighted by Crippen LogP contribution is -2.54. The molecule has 10 nitrogen and oxygen atoms in total. The van der Waals surface area contributed by atoms with E-state index in [2.05, 4.69) is 51.3 Å². The van der Waals surface area contributed by atoms with Crippen LogP contribution in [0.5, 0.6) is 0 Å². The molecule has 1 aliphatic rings. The molecule has 2 atom stereocenters. The van der Waals surface area contributed by atoms with Crippen LogP contribution >= 0.6 is 11.3 Å². The summed E-state index contributed by atoms with van der Waals surface area (Å²) in [5.41, 5.74) is 0.971. The number of carbonyl (C=O) groups is 1. The number of aromatic nitrogens is 4. The van der Waals surface area contributed by atoms with Crippen molar-refractivity contribution in [2.45, 2.75) is 25.9 Å². The first kappa shape index (κ1) is 26.3. The number of nitrogens with one attached hydrogen (secondary N) is 2. The van der Waals surface area contributed by atoms with Gasteiger partial charge in [0.05, 0.1) is 11.3 Å². The summed E-state index contributed by atoms with van der Waals surface area (Å²) in [7, 11) is 3.16. The smallest absolute Gasteiger partial charge is 0.298 e. The van der Waals surface area contributed by atoms with E-state index < -0.39 is 11.5 Å². The molecule has 1 fully saturated rings. The summed E-state index contributed by atoms with van der Waals surface area (Å²) in [6.07, 6.45) is 3.12. The number of carbonyl (C=O) groups excluding carboxylic acids is 1. The number of hydrogen-bond donors (Lipinski definition) is 2. The van der Waals surface area contributed by atoms with Crippen molar-refractivity contribution in [3.63, 3.8) is 0 Å². The molecule has 2 N–H and O–H groups in total. The number of pyridine rings is 1. The Hall–Kier alpha value is -4.34. The Balaban J connectivity index is 1.50. The highest BCUT2D eigenvalue weighted by atomic mass is 32.1. The van der Waals surface area contributed by atoms with Crippen molar-refractivity contribution in [2.75, 3.05) is 37.4 Å². The van der Waals surface area contributed by atoms with Crippen molar-refractivity contribution in [3.05, 3.63) is 63.8 Å². The number of thiazole rings is 1. The van der Waals surface area contributed by atoms with Gasteiger partial charge in [-0.05, 0) is 38.1 Å². The second-order valence-electron chi connectivity index (χ2n) is 9.60. The van der Waals surface area contributed by atoms with E-state index in [4.69, 9.17) is 0 Å². The van der Waals surface area contributed by atoms with Crippen LogP contribution in [0.1, 0.15) is 19.4 Å². The molecule has 1 aromatic carbocycles. The van der Waals surface area contributed by atoms with Gasteiger partial charge in [0, 0.05) is 74.0 Å². The molecule has 0 spiro atoms. The molecule has 1 amide bonds. The predicted molar refractivity (Wildman–Crippen MR) is 150 cm³/mol. The fourth-order valence-electron chi connectivity index (χ4n) is 4.48. The third kappa shape index (κ3) is 5.59. The second-order valence-corrected chi connectivity index (χ2v) is 10.5. The number of amides is 1. The molecular formula is C27H27FN8O2S. The monoisotopic (exact) mass is 546 g/mol. The maximum Gasteiger partial charge on any atom is 0.298 e. The first-order chi connectivity index (χ1) is 18.7. The average molecular weight is 547 g/mol. The third-order valence-corrected chi connectivity index (χ3v) is 6.92. The van der Waals surface area contributed by atoms with Crippen molar-refractivity contribution in [3.8, 4) is 17.0 Å². The SMILES string of the molecule is C[C@@H]1CN(c2ccc(Nc3ncc4cc(C#CC(=O)N(C)C)c(=O)n(-c5nccs5)c4n3)cc2F)C[C@H](C)N1. The zero-order chi connectivity index (χ0) is 27.7. The summed E-state index contributed by atoms with van der Waals surface area (Å²) in [6.45, 7) is 5.59. The quantitative estimate of drug-likeness (QED) is 0.377. The Morgan fingerprint density at radius 3 is 2.64 bits per heavy atom. The largest absolute Gasteiger partial charge is 0.366 e. The molecule has 1 aliphatic heterocycles. The molecule has 0 saturated carbocycles. The summed E-state index contributed by atoms with van der Waals surface area (Å²) < 4.78 is 16.5. The molecule has 0 bridgehead atoms. The molecule has 3 aromatic heterocycles. The van der Waals surface area contributed by atoms with Gasteiger partial charge in [0.25, 0.3) is 11.5 Å². The maximum absolute atomic E-state index is 15.1. The number of piperazine rings is 1. The van der Waals surface area contributed by atoms with Crippen molar-refractivity contribution in [1.82, 2.24) is 29.7 Å². The van der Waals surface area contributed by atoms with E-state index >= 15 is 4.39 Å². The summed E-state index contributed by atoms with van der Waals surface area (Å²) >= 11 is 1.26. The molecule has 4 aromatic rings. The van der Waals surface area contributed by atoms with Crippen LogP contribution in [-0.2, 0) is 4.79 Å². The highest BCUT2D eigenvalue weighted by molar-refractivity contribution is 7.12. The molecule has 0 aliphatic carbocycles. The van der Waals surface area contributed by atoms with Gasteiger partial charge in [-0.1, -0.05) is 5.92 Å². The number of hydrogen-bond acceptors (Lipinski definition) is 9. The van der Waals surface area contributed by atoms with Gasteiger partial charge in [0.1, 0.15) is 5.82 Å². The van der Waals surface area contributed by atoms with Crippen LogP contribution in [0, 0.1) is 17.7 Å². The van der Waals surface area contributed by atoms with Gasteiger partial charge in [-0.25, -0.2) is 18.9 Å². The van der Waals surface area contributed by atoms with Crippen molar-refractivity contribution < 1.29 is 9.18 Å². The van der Waals surface area contributed by atoms with Crippen LogP contribution < -0.4 is 21.1 Å². The minimum Gasteiger partial charge on any atom is -0.366 e. The lowest BCUT2D eigenvalue weighted by molar-refractivity contribution is -0.122. The summed E-state index contributed by atoms with van der Waals surface area (Å²) in [6, 6.07) is 6.99. The Morgan fingerprint density at radius 2 is 1.97 bits per heavy atom. The molecule has 0 unspecified atom stereocenters. The van der Waals surface area contributed by atoms with E-state index in [-0.39, 0.29) is 29.4 Å². The van der Waals surface area contributed by atoms with E-state index in [9.17, 15) is 9.59 Å². The average Bonchev–Trinajstić information content (AvgIpc) is 3.41. The first-order valence-corrected chi connectivity index (χ1v) is 13.2. The molecule has 4 heterocycles. The van der Waals surface area contributed by atoms with Gasteiger partial charge < -0.3 is 20.4 Å². The molecule has 0 radical (unpaired) electrons. The highest BCUT2D eigenvalue weighted by Crippen LogP contribution is 2.26. The van der Waals surface area contributed by atoms with Crippen molar-refractivity contribution in [1.29, 1.82) is 0 Å². The van der Waals surface area contributed by atoms with E-state index in [1.165, 1.54) is 26.9 Å². The molecule has 200 valence electrons. The van der Waals surface area contributed by atoms with E-state index in [1.807, 2.05) is 4.90 Å². The van der Waals surface area contributed by atoms with E-state index in [1.54, 1.807) is 50.1 Å². The van der Waals surface area contributed by atoms with Crippen molar-refractivity contribution >= 4 is 45.6 Å². The molecule has 5 rings (SSSR count). The topological polar surface area (TPSA) is 108 Å². The van der Waals surface area contributed by atoms with E-state index in [0.717, 1.165) is 0 Å². The normalized spacial score (nSPS) is 17.0. The number of benzene rings is 1. The first-order valence-electron chi connectivity index (χ1n) is 12.3. The number of halogens is 1. The third-order valence-electron chi connectivity index (χ3n) is 6.16. The Labute approximate surface area is 228 Å². The summed E-state index contributed by atoms with van der Waals surface area (Å²) in [4.78, 5) is 41.9. The van der Waals surface area contributed by atoms with Gasteiger partial charge >= 0.3 is 0 Å². The van der Waals surface area contributed by atoms with Crippen LogP contribution in [0.25, 0.3) is 16.2 Å². The molecular weight excluding hydrogens is 519 g/mol.